The average molecular weight is 348 g/mol. The van der Waals surface area contributed by atoms with Crippen LogP contribution in [-0.2, 0) is 7.05 Å². The highest BCUT2D eigenvalue weighted by Gasteiger charge is 2.39. The van der Waals surface area contributed by atoms with Gasteiger partial charge in [-0.3, -0.25) is 9.36 Å². The van der Waals surface area contributed by atoms with Crippen molar-refractivity contribution in [3.05, 3.63) is 32.5 Å². The molecule has 4 nitrogen and oxygen atoms in total. The number of nitrogens with zero attached hydrogens (tertiary/aromatic N) is 3. The third kappa shape index (κ3) is 1.94. The molecule has 2 fully saturated rings. The summed E-state index contributed by atoms with van der Waals surface area (Å²) < 4.78 is 2.62. The van der Waals surface area contributed by atoms with Gasteiger partial charge in [0, 0.05) is 24.1 Å². The molecular weight excluding hydrogens is 330 g/mol. The molecule has 2 aromatic rings. The molecule has 2 atom stereocenters. The standard InChI is InChI=1S/C16H18BrN3O/c1-9-5-12-14(13(17)6-9)18-16(19(2)15(12)21)20-8-10-3-4-11(20)7-10/h5-6,10-11H,3-4,7-8H2,1-2H3. The highest BCUT2D eigenvalue weighted by atomic mass is 79.9. The maximum absolute atomic E-state index is 12.7. The van der Waals surface area contributed by atoms with Crippen LogP contribution in [0.25, 0.3) is 10.9 Å². The molecule has 2 bridgehead atoms. The second kappa shape index (κ2) is 4.57. The van der Waals surface area contributed by atoms with Crippen molar-refractivity contribution in [2.75, 3.05) is 11.4 Å². The first-order chi connectivity index (χ1) is 10.0. The van der Waals surface area contributed by atoms with Crippen molar-refractivity contribution in [3.63, 3.8) is 0 Å². The minimum Gasteiger partial charge on any atom is -0.339 e. The highest BCUT2D eigenvalue weighted by Crippen LogP contribution is 2.39. The Balaban J connectivity index is 1.95. The van der Waals surface area contributed by atoms with Crippen molar-refractivity contribution >= 4 is 32.8 Å². The average Bonchev–Trinajstić information content (AvgIpc) is 3.06. The van der Waals surface area contributed by atoms with Crippen LogP contribution in [-0.4, -0.2) is 22.1 Å². The van der Waals surface area contributed by atoms with Gasteiger partial charge in [-0.15, -0.1) is 0 Å². The van der Waals surface area contributed by atoms with E-state index >= 15 is 0 Å². The number of hydrogen-bond acceptors (Lipinski definition) is 3. The monoisotopic (exact) mass is 347 g/mol. The minimum absolute atomic E-state index is 0.0437. The largest absolute Gasteiger partial charge is 0.339 e. The normalized spacial score (nSPS) is 24.2. The van der Waals surface area contributed by atoms with Gasteiger partial charge in [-0.2, -0.15) is 0 Å². The number of aryl methyl sites for hydroxylation is 1. The van der Waals surface area contributed by atoms with Crippen molar-refractivity contribution in [1.29, 1.82) is 0 Å². The molecular formula is C16H18BrN3O. The number of anilines is 1. The first-order valence-corrected chi connectivity index (χ1v) is 8.27. The molecule has 1 aromatic carbocycles. The summed E-state index contributed by atoms with van der Waals surface area (Å²) in [5.74, 6) is 1.60. The zero-order valence-corrected chi connectivity index (χ0v) is 13.9. The Morgan fingerprint density at radius 3 is 2.81 bits per heavy atom. The van der Waals surface area contributed by atoms with Crippen LogP contribution >= 0.6 is 15.9 Å². The third-order valence-electron chi connectivity index (χ3n) is 4.92. The van der Waals surface area contributed by atoms with Crippen LogP contribution in [0, 0.1) is 12.8 Å². The molecule has 0 radical (unpaired) electrons. The van der Waals surface area contributed by atoms with Gasteiger partial charge in [0.25, 0.3) is 5.56 Å². The lowest BCUT2D eigenvalue weighted by atomic mass is 10.1. The maximum Gasteiger partial charge on any atom is 0.262 e. The molecule has 0 N–H and O–H groups in total. The molecule has 1 saturated heterocycles. The van der Waals surface area contributed by atoms with Crippen LogP contribution in [0.2, 0.25) is 0 Å². The maximum atomic E-state index is 12.7. The molecule has 2 unspecified atom stereocenters. The van der Waals surface area contributed by atoms with Crippen molar-refractivity contribution < 1.29 is 0 Å². The number of hydrogen-bond donors (Lipinski definition) is 0. The Morgan fingerprint density at radius 1 is 1.33 bits per heavy atom. The fourth-order valence-electron chi connectivity index (χ4n) is 3.88. The molecule has 110 valence electrons. The molecule has 1 aromatic heterocycles. The summed E-state index contributed by atoms with van der Waals surface area (Å²) in [5.41, 5.74) is 1.89. The van der Waals surface area contributed by atoms with Crippen molar-refractivity contribution in [1.82, 2.24) is 9.55 Å². The van der Waals surface area contributed by atoms with Gasteiger partial charge < -0.3 is 4.90 Å². The first-order valence-electron chi connectivity index (χ1n) is 7.48. The van der Waals surface area contributed by atoms with Gasteiger partial charge in [-0.05, 0) is 65.7 Å². The molecule has 2 aliphatic rings. The summed E-state index contributed by atoms with van der Waals surface area (Å²) in [6.07, 6.45) is 3.81. The van der Waals surface area contributed by atoms with E-state index in [1.165, 1.54) is 19.3 Å². The van der Waals surface area contributed by atoms with E-state index in [0.717, 1.165) is 34.0 Å². The SMILES string of the molecule is Cc1cc(Br)c2nc(N3CC4CCC3C4)n(C)c(=O)c2c1. The van der Waals surface area contributed by atoms with E-state index < -0.39 is 0 Å². The third-order valence-corrected chi connectivity index (χ3v) is 5.53. The van der Waals surface area contributed by atoms with Crippen LogP contribution in [0.1, 0.15) is 24.8 Å². The van der Waals surface area contributed by atoms with Gasteiger partial charge in [-0.25, -0.2) is 4.98 Å². The second-order valence-electron chi connectivity index (χ2n) is 6.40. The zero-order chi connectivity index (χ0) is 14.7. The number of piperidine rings is 1. The van der Waals surface area contributed by atoms with Gasteiger partial charge in [0.2, 0.25) is 5.95 Å². The number of halogens is 1. The minimum atomic E-state index is 0.0437. The van der Waals surface area contributed by atoms with E-state index in [0.29, 0.717) is 11.4 Å². The number of rotatable bonds is 1. The molecule has 2 heterocycles. The molecule has 21 heavy (non-hydrogen) atoms. The summed E-state index contributed by atoms with van der Waals surface area (Å²) in [4.78, 5) is 19.8. The molecule has 1 aliphatic heterocycles. The van der Waals surface area contributed by atoms with Crippen LogP contribution in [0.4, 0.5) is 5.95 Å². The van der Waals surface area contributed by atoms with Crippen molar-refractivity contribution in [2.24, 2.45) is 13.0 Å². The summed E-state index contributed by atoms with van der Waals surface area (Å²) in [6.45, 7) is 3.04. The molecule has 4 rings (SSSR count). The lowest BCUT2D eigenvalue weighted by Crippen LogP contribution is -2.37. The molecule has 1 aliphatic carbocycles. The quantitative estimate of drug-likeness (QED) is 0.795. The smallest absolute Gasteiger partial charge is 0.262 e. The van der Waals surface area contributed by atoms with Gasteiger partial charge >= 0.3 is 0 Å². The first kappa shape index (κ1) is 13.3. The lowest BCUT2D eigenvalue weighted by Gasteiger charge is -2.29. The van der Waals surface area contributed by atoms with E-state index in [4.69, 9.17) is 4.98 Å². The van der Waals surface area contributed by atoms with Gasteiger partial charge in [0.15, 0.2) is 0 Å². The van der Waals surface area contributed by atoms with Gasteiger partial charge in [0.05, 0.1) is 10.9 Å². The molecule has 0 spiro atoms. The molecule has 0 amide bonds. The predicted octanol–water partition coefficient (Wildman–Crippen LogP) is 2.99. The van der Waals surface area contributed by atoms with Crippen LogP contribution < -0.4 is 10.5 Å². The Kier molecular flexibility index (Phi) is 2.89. The van der Waals surface area contributed by atoms with E-state index in [2.05, 4.69) is 20.8 Å². The fraction of sp³-hybridized carbons (Fsp3) is 0.500. The summed E-state index contributed by atoms with van der Waals surface area (Å²) in [5, 5.41) is 0.692. The van der Waals surface area contributed by atoms with Gasteiger partial charge in [0.1, 0.15) is 0 Å². The van der Waals surface area contributed by atoms with Gasteiger partial charge in [-0.1, -0.05) is 0 Å². The topological polar surface area (TPSA) is 38.1 Å². The second-order valence-corrected chi connectivity index (χ2v) is 7.26. The van der Waals surface area contributed by atoms with E-state index in [1.54, 1.807) is 4.57 Å². The van der Waals surface area contributed by atoms with Crippen molar-refractivity contribution in [2.45, 2.75) is 32.2 Å². The van der Waals surface area contributed by atoms with E-state index in [9.17, 15) is 4.79 Å². The summed E-state index contributed by atoms with van der Waals surface area (Å²) in [6, 6.07) is 4.51. The van der Waals surface area contributed by atoms with Crippen LogP contribution in [0.3, 0.4) is 0 Å². The number of aromatic nitrogens is 2. The number of benzene rings is 1. The Bertz CT molecular complexity index is 798. The van der Waals surface area contributed by atoms with Crippen LogP contribution in [0.5, 0.6) is 0 Å². The Hall–Kier alpha value is -1.36. The van der Waals surface area contributed by atoms with Crippen LogP contribution in [0.15, 0.2) is 21.4 Å². The number of fused-ring (bicyclic) bond motifs is 3. The Labute approximate surface area is 131 Å². The zero-order valence-electron chi connectivity index (χ0n) is 12.3. The summed E-state index contributed by atoms with van der Waals surface area (Å²) in [7, 11) is 1.84. The Morgan fingerprint density at radius 2 is 2.14 bits per heavy atom. The van der Waals surface area contributed by atoms with Crippen molar-refractivity contribution in [3.8, 4) is 0 Å². The lowest BCUT2D eigenvalue weighted by molar-refractivity contribution is 0.539. The molecule has 5 heteroatoms. The summed E-state index contributed by atoms with van der Waals surface area (Å²) >= 11 is 3.56. The predicted molar refractivity (Wildman–Crippen MR) is 87.9 cm³/mol. The van der Waals surface area contributed by atoms with E-state index in [1.807, 2.05) is 26.1 Å². The highest BCUT2D eigenvalue weighted by molar-refractivity contribution is 9.10. The van der Waals surface area contributed by atoms with E-state index in [-0.39, 0.29) is 5.56 Å². The fourth-order valence-corrected chi connectivity index (χ4v) is 4.55. The molecule has 1 saturated carbocycles.